The van der Waals surface area contributed by atoms with E-state index < -0.39 is 10.7 Å². The Hall–Kier alpha value is -3.74. The minimum Gasteiger partial charge on any atom is -0.476 e. The zero-order chi connectivity index (χ0) is 19.9. The average Bonchev–Trinajstić information content (AvgIpc) is 2.71. The number of hydrogen-bond donors (Lipinski definition) is 0. The van der Waals surface area contributed by atoms with Gasteiger partial charge in [0.15, 0.2) is 6.61 Å². The predicted molar refractivity (Wildman–Crippen MR) is 105 cm³/mol. The largest absolute Gasteiger partial charge is 0.476 e. The van der Waals surface area contributed by atoms with Crippen LogP contribution in [0.1, 0.15) is 11.1 Å². The molecule has 0 atom stereocenters. The summed E-state index contributed by atoms with van der Waals surface area (Å²) in [4.78, 5) is 28.6. The first kappa shape index (κ1) is 19.0. The fourth-order valence-electron chi connectivity index (χ4n) is 2.73. The highest BCUT2D eigenvalue weighted by atomic mass is 16.6. The summed E-state index contributed by atoms with van der Waals surface area (Å²) in [6, 6.07) is 20.1. The molecule has 0 N–H and O–H groups in total. The van der Waals surface area contributed by atoms with E-state index in [1.54, 1.807) is 4.90 Å². The van der Waals surface area contributed by atoms with Gasteiger partial charge in [-0.25, -0.2) is 0 Å². The lowest BCUT2D eigenvalue weighted by atomic mass is 10.1. The zero-order valence-electron chi connectivity index (χ0n) is 15.3. The first-order valence-corrected chi connectivity index (χ1v) is 8.68. The molecule has 0 saturated heterocycles. The number of nitrogens with zero attached hydrogens (tertiary/aromatic N) is 3. The number of ether oxygens (including phenoxy) is 1. The van der Waals surface area contributed by atoms with Gasteiger partial charge >= 0.3 is 5.82 Å². The summed E-state index contributed by atoms with van der Waals surface area (Å²) >= 11 is 0. The van der Waals surface area contributed by atoms with Gasteiger partial charge in [0.05, 0.1) is 6.54 Å². The molecule has 0 saturated carbocycles. The van der Waals surface area contributed by atoms with Crippen LogP contribution < -0.4 is 9.64 Å². The monoisotopic (exact) mass is 377 g/mol. The van der Waals surface area contributed by atoms with Crippen LogP contribution in [0.3, 0.4) is 0 Å². The van der Waals surface area contributed by atoms with Crippen LogP contribution in [0.2, 0.25) is 0 Å². The Labute approximate surface area is 162 Å². The van der Waals surface area contributed by atoms with Crippen molar-refractivity contribution in [2.45, 2.75) is 13.5 Å². The second-order valence-electron chi connectivity index (χ2n) is 6.18. The minimum atomic E-state index is -0.637. The van der Waals surface area contributed by atoms with Gasteiger partial charge < -0.3 is 19.8 Å². The second kappa shape index (κ2) is 8.77. The third-order valence-corrected chi connectivity index (χ3v) is 4.07. The Morgan fingerprint density at radius 2 is 1.89 bits per heavy atom. The van der Waals surface area contributed by atoms with Crippen LogP contribution in [0.5, 0.6) is 5.75 Å². The Bertz CT molecular complexity index is 976. The van der Waals surface area contributed by atoms with Crippen molar-refractivity contribution < 1.29 is 14.5 Å². The van der Waals surface area contributed by atoms with Gasteiger partial charge in [0, 0.05) is 5.69 Å². The molecule has 0 unspecified atom stereocenters. The lowest BCUT2D eigenvalue weighted by molar-refractivity contribution is -0.390. The summed E-state index contributed by atoms with van der Waals surface area (Å²) < 4.78 is 5.44. The third-order valence-electron chi connectivity index (χ3n) is 4.07. The molecule has 7 heteroatoms. The fourth-order valence-corrected chi connectivity index (χ4v) is 2.73. The maximum absolute atomic E-state index is 12.9. The van der Waals surface area contributed by atoms with E-state index in [-0.39, 0.29) is 18.3 Å². The summed E-state index contributed by atoms with van der Waals surface area (Å²) in [5.41, 5.74) is 2.72. The van der Waals surface area contributed by atoms with Crippen LogP contribution in [0.25, 0.3) is 0 Å². The minimum absolute atomic E-state index is 0.0373. The summed E-state index contributed by atoms with van der Waals surface area (Å²) in [6.07, 6.45) is 1.31. The van der Waals surface area contributed by atoms with Crippen LogP contribution >= 0.6 is 0 Å². The van der Waals surface area contributed by atoms with Crippen molar-refractivity contribution in [1.82, 2.24) is 4.98 Å². The molecule has 0 fully saturated rings. The van der Waals surface area contributed by atoms with Crippen molar-refractivity contribution in [3.63, 3.8) is 0 Å². The average molecular weight is 377 g/mol. The van der Waals surface area contributed by atoms with E-state index >= 15 is 0 Å². The lowest BCUT2D eigenvalue weighted by Gasteiger charge is -2.23. The fraction of sp³-hybridized carbons (Fsp3) is 0.143. The van der Waals surface area contributed by atoms with Gasteiger partial charge in [0.25, 0.3) is 5.91 Å². The molecule has 1 heterocycles. The number of rotatable bonds is 7. The highest BCUT2D eigenvalue weighted by Gasteiger charge is 2.21. The summed E-state index contributed by atoms with van der Waals surface area (Å²) in [5.74, 6) is -0.766. The van der Waals surface area contributed by atoms with E-state index in [2.05, 4.69) is 4.98 Å². The van der Waals surface area contributed by atoms with Crippen molar-refractivity contribution in [3.8, 4) is 5.75 Å². The zero-order valence-corrected chi connectivity index (χ0v) is 15.3. The molecule has 2 aromatic carbocycles. The number of anilines is 1. The van der Waals surface area contributed by atoms with E-state index in [9.17, 15) is 14.9 Å². The van der Waals surface area contributed by atoms with Gasteiger partial charge in [-0.1, -0.05) is 42.5 Å². The van der Waals surface area contributed by atoms with Crippen molar-refractivity contribution in [2.75, 3.05) is 11.5 Å². The number of nitro groups is 1. The molecule has 1 amide bonds. The number of pyridine rings is 1. The Morgan fingerprint density at radius 3 is 2.61 bits per heavy atom. The van der Waals surface area contributed by atoms with Gasteiger partial charge in [0.1, 0.15) is 6.20 Å². The molecule has 28 heavy (non-hydrogen) atoms. The van der Waals surface area contributed by atoms with Gasteiger partial charge in [-0.15, -0.1) is 0 Å². The Morgan fingerprint density at radius 1 is 1.11 bits per heavy atom. The standard InChI is InChI=1S/C21H19N3O4/c1-16-7-5-10-18(13-16)23(14-17-8-3-2-4-9-17)20(25)15-28-19-11-6-12-22-21(19)24(26)27/h2-13H,14-15H2,1H3. The molecule has 0 aliphatic heterocycles. The molecule has 142 valence electrons. The van der Waals surface area contributed by atoms with Crippen LogP contribution in [-0.4, -0.2) is 22.4 Å². The maximum Gasteiger partial charge on any atom is 0.406 e. The number of hydrogen-bond acceptors (Lipinski definition) is 5. The van der Waals surface area contributed by atoms with Crippen LogP contribution in [0, 0.1) is 17.0 Å². The quantitative estimate of drug-likeness (QED) is 0.460. The number of aromatic nitrogens is 1. The van der Waals surface area contributed by atoms with Gasteiger partial charge in [-0.2, -0.15) is 0 Å². The summed E-state index contributed by atoms with van der Waals surface area (Å²) in [6.45, 7) is 1.97. The first-order chi connectivity index (χ1) is 13.5. The Balaban J connectivity index is 1.82. The van der Waals surface area contributed by atoms with E-state index in [1.807, 2.05) is 61.5 Å². The van der Waals surface area contributed by atoms with Gasteiger partial charge in [-0.3, -0.25) is 4.79 Å². The highest BCUT2D eigenvalue weighted by Crippen LogP contribution is 2.24. The number of benzene rings is 2. The van der Waals surface area contributed by atoms with Crippen molar-refractivity contribution in [2.24, 2.45) is 0 Å². The molecular weight excluding hydrogens is 358 g/mol. The lowest BCUT2D eigenvalue weighted by Crippen LogP contribution is -2.34. The smallest absolute Gasteiger partial charge is 0.406 e. The van der Waals surface area contributed by atoms with E-state index in [1.165, 1.54) is 18.3 Å². The first-order valence-electron chi connectivity index (χ1n) is 8.68. The molecule has 0 bridgehead atoms. The van der Waals surface area contributed by atoms with Gasteiger partial charge in [-0.05, 0) is 52.2 Å². The Kier molecular flexibility index (Phi) is 5.96. The van der Waals surface area contributed by atoms with E-state index in [4.69, 9.17) is 4.74 Å². The number of carbonyl (C=O) groups excluding carboxylic acids is 1. The molecular formula is C21H19N3O4. The SMILES string of the molecule is Cc1cccc(N(Cc2ccccc2)C(=O)COc2cccnc2[N+](=O)[O-])c1. The number of carbonyl (C=O) groups is 1. The summed E-state index contributed by atoms with van der Waals surface area (Å²) in [7, 11) is 0. The number of amides is 1. The molecule has 7 nitrogen and oxygen atoms in total. The molecule has 0 aliphatic rings. The van der Waals surface area contributed by atoms with Crippen LogP contribution in [0.4, 0.5) is 11.5 Å². The van der Waals surface area contributed by atoms with Crippen LogP contribution in [0.15, 0.2) is 72.9 Å². The molecule has 3 aromatic rings. The predicted octanol–water partition coefficient (Wildman–Crippen LogP) is 3.91. The summed E-state index contributed by atoms with van der Waals surface area (Å²) in [5, 5.41) is 11.1. The van der Waals surface area contributed by atoms with E-state index in [0.717, 1.165) is 16.8 Å². The topological polar surface area (TPSA) is 85.6 Å². The molecule has 3 rings (SSSR count). The highest BCUT2D eigenvalue weighted by molar-refractivity contribution is 5.94. The molecule has 0 radical (unpaired) electrons. The van der Waals surface area contributed by atoms with Crippen molar-refractivity contribution in [1.29, 1.82) is 0 Å². The van der Waals surface area contributed by atoms with Gasteiger partial charge in [0.2, 0.25) is 5.75 Å². The third kappa shape index (κ3) is 4.70. The van der Waals surface area contributed by atoms with Crippen LogP contribution in [-0.2, 0) is 11.3 Å². The molecule has 1 aromatic heterocycles. The van der Waals surface area contributed by atoms with Crippen molar-refractivity contribution >= 4 is 17.4 Å². The normalized spacial score (nSPS) is 10.3. The number of aryl methyl sites for hydroxylation is 1. The molecule has 0 spiro atoms. The van der Waals surface area contributed by atoms with Crippen molar-refractivity contribution in [3.05, 3.63) is 94.2 Å². The maximum atomic E-state index is 12.9. The van der Waals surface area contributed by atoms with E-state index in [0.29, 0.717) is 6.54 Å². The molecule has 0 aliphatic carbocycles. The second-order valence-corrected chi connectivity index (χ2v) is 6.18.